The lowest BCUT2D eigenvalue weighted by atomic mass is 9.99. The Balaban J connectivity index is 2.15. The molecule has 86 valence electrons. The van der Waals surface area contributed by atoms with Gasteiger partial charge in [-0.3, -0.25) is 0 Å². The lowest BCUT2D eigenvalue weighted by Crippen LogP contribution is -2.23. The normalized spacial score (nSPS) is 19.9. The average Bonchev–Trinajstić information content (AvgIpc) is 2.48. The van der Waals surface area contributed by atoms with E-state index in [1.165, 1.54) is 42.4 Å². The minimum atomic E-state index is 0.524. The standard InChI is InChI=1S/C15H21N/c1-12(2)11-16-15-10-6-4-8-13-7-3-5-9-14(13)15/h3,5,7,9,15-16H,1,4,6,8,10-11H2,2H3. The van der Waals surface area contributed by atoms with Gasteiger partial charge in [0.25, 0.3) is 0 Å². The maximum absolute atomic E-state index is 3.96. The highest BCUT2D eigenvalue weighted by atomic mass is 14.9. The molecule has 0 saturated heterocycles. The van der Waals surface area contributed by atoms with Gasteiger partial charge in [0.15, 0.2) is 0 Å². The molecule has 0 bridgehead atoms. The molecule has 0 fully saturated rings. The van der Waals surface area contributed by atoms with E-state index < -0.39 is 0 Å². The first kappa shape index (κ1) is 11.4. The summed E-state index contributed by atoms with van der Waals surface area (Å²) in [7, 11) is 0. The smallest absolute Gasteiger partial charge is 0.0325 e. The first-order valence-electron chi connectivity index (χ1n) is 6.23. The molecule has 0 radical (unpaired) electrons. The van der Waals surface area contributed by atoms with Crippen molar-refractivity contribution in [3.8, 4) is 0 Å². The van der Waals surface area contributed by atoms with Crippen molar-refractivity contribution < 1.29 is 0 Å². The second-order valence-electron chi connectivity index (χ2n) is 4.84. The molecular formula is C15H21N. The van der Waals surface area contributed by atoms with Crippen LogP contribution < -0.4 is 5.32 Å². The van der Waals surface area contributed by atoms with Crippen LogP contribution in [0, 0.1) is 0 Å². The molecule has 0 aliphatic heterocycles. The number of hydrogen-bond donors (Lipinski definition) is 1. The molecule has 0 spiro atoms. The lowest BCUT2D eigenvalue weighted by molar-refractivity contribution is 0.509. The summed E-state index contributed by atoms with van der Waals surface area (Å²) in [6.07, 6.45) is 5.14. The molecule has 0 saturated carbocycles. The highest BCUT2D eigenvalue weighted by Gasteiger charge is 2.17. The van der Waals surface area contributed by atoms with Crippen LogP contribution in [0.2, 0.25) is 0 Å². The molecule has 1 aliphatic carbocycles. The predicted molar refractivity (Wildman–Crippen MR) is 69.6 cm³/mol. The van der Waals surface area contributed by atoms with Crippen LogP contribution in [0.5, 0.6) is 0 Å². The summed E-state index contributed by atoms with van der Waals surface area (Å²) in [5.41, 5.74) is 4.24. The number of benzene rings is 1. The van der Waals surface area contributed by atoms with Crippen LogP contribution in [0.15, 0.2) is 36.4 Å². The zero-order chi connectivity index (χ0) is 11.4. The first-order chi connectivity index (χ1) is 7.77. The van der Waals surface area contributed by atoms with Gasteiger partial charge >= 0.3 is 0 Å². The topological polar surface area (TPSA) is 12.0 Å². The minimum Gasteiger partial charge on any atom is -0.306 e. The monoisotopic (exact) mass is 215 g/mol. The molecule has 0 aromatic heterocycles. The van der Waals surface area contributed by atoms with Crippen molar-refractivity contribution in [2.75, 3.05) is 6.54 Å². The van der Waals surface area contributed by atoms with Crippen molar-refractivity contribution in [3.63, 3.8) is 0 Å². The number of fused-ring (bicyclic) bond motifs is 1. The Morgan fingerprint density at radius 1 is 1.38 bits per heavy atom. The average molecular weight is 215 g/mol. The maximum Gasteiger partial charge on any atom is 0.0325 e. The van der Waals surface area contributed by atoms with E-state index in [0.717, 1.165) is 6.54 Å². The second kappa shape index (κ2) is 5.31. The zero-order valence-electron chi connectivity index (χ0n) is 10.1. The number of hydrogen-bond acceptors (Lipinski definition) is 1. The molecule has 1 unspecified atom stereocenters. The summed E-state index contributed by atoms with van der Waals surface area (Å²) in [4.78, 5) is 0. The van der Waals surface area contributed by atoms with E-state index in [1.807, 2.05) is 0 Å². The first-order valence-corrected chi connectivity index (χ1v) is 6.23. The quantitative estimate of drug-likeness (QED) is 0.600. The fourth-order valence-electron chi connectivity index (χ4n) is 2.43. The van der Waals surface area contributed by atoms with Gasteiger partial charge < -0.3 is 5.32 Å². The van der Waals surface area contributed by atoms with Crippen molar-refractivity contribution >= 4 is 0 Å². The van der Waals surface area contributed by atoms with E-state index in [0.29, 0.717) is 6.04 Å². The van der Waals surface area contributed by atoms with Gasteiger partial charge in [0.05, 0.1) is 0 Å². The van der Waals surface area contributed by atoms with Crippen molar-refractivity contribution in [1.29, 1.82) is 0 Å². The molecule has 0 amide bonds. The van der Waals surface area contributed by atoms with Crippen LogP contribution in [0.1, 0.15) is 43.4 Å². The van der Waals surface area contributed by atoms with Gasteiger partial charge in [0, 0.05) is 12.6 Å². The highest BCUT2D eigenvalue weighted by Crippen LogP contribution is 2.28. The van der Waals surface area contributed by atoms with Crippen molar-refractivity contribution in [2.45, 2.75) is 38.6 Å². The molecule has 1 atom stereocenters. The summed E-state index contributed by atoms with van der Waals surface area (Å²) in [5.74, 6) is 0. The maximum atomic E-state index is 3.96. The largest absolute Gasteiger partial charge is 0.306 e. The van der Waals surface area contributed by atoms with Gasteiger partial charge in [-0.1, -0.05) is 42.8 Å². The van der Waals surface area contributed by atoms with E-state index in [1.54, 1.807) is 0 Å². The third-order valence-corrected chi connectivity index (χ3v) is 3.27. The minimum absolute atomic E-state index is 0.524. The number of aryl methyl sites for hydroxylation is 1. The molecule has 1 aromatic rings. The van der Waals surface area contributed by atoms with Crippen LogP contribution >= 0.6 is 0 Å². The molecule has 1 aliphatic rings. The molecule has 16 heavy (non-hydrogen) atoms. The van der Waals surface area contributed by atoms with Crippen molar-refractivity contribution in [3.05, 3.63) is 47.5 Å². The Hall–Kier alpha value is -1.08. The van der Waals surface area contributed by atoms with E-state index in [-0.39, 0.29) is 0 Å². The second-order valence-corrected chi connectivity index (χ2v) is 4.84. The van der Waals surface area contributed by atoms with E-state index in [9.17, 15) is 0 Å². The summed E-state index contributed by atoms with van der Waals surface area (Å²) >= 11 is 0. The van der Waals surface area contributed by atoms with E-state index >= 15 is 0 Å². The van der Waals surface area contributed by atoms with Gasteiger partial charge in [0.2, 0.25) is 0 Å². The fourth-order valence-corrected chi connectivity index (χ4v) is 2.43. The van der Waals surface area contributed by atoms with Crippen LogP contribution in [-0.2, 0) is 6.42 Å². The van der Waals surface area contributed by atoms with Crippen LogP contribution in [-0.4, -0.2) is 6.54 Å². The summed E-state index contributed by atoms with van der Waals surface area (Å²) in [5, 5.41) is 3.62. The molecule has 1 aromatic carbocycles. The van der Waals surface area contributed by atoms with Crippen LogP contribution in [0.25, 0.3) is 0 Å². The Morgan fingerprint density at radius 3 is 3.00 bits per heavy atom. The zero-order valence-corrected chi connectivity index (χ0v) is 10.1. The Labute approximate surface area is 98.6 Å². The summed E-state index contributed by atoms with van der Waals surface area (Å²) in [6, 6.07) is 9.38. The van der Waals surface area contributed by atoms with Crippen molar-refractivity contribution in [2.24, 2.45) is 0 Å². The van der Waals surface area contributed by atoms with Gasteiger partial charge in [0.1, 0.15) is 0 Å². The van der Waals surface area contributed by atoms with Crippen LogP contribution in [0.3, 0.4) is 0 Å². The Bertz CT molecular complexity index is 367. The van der Waals surface area contributed by atoms with E-state index in [2.05, 4.69) is 43.1 Å². The summed E-state index contributed by atoms with van der Waals surface area (Å²) < 4.78 is 0. The molecule has 0 heterocycles. The molecule has 1 heteroatoms. The summed E-state index contributed by atoms with van der Waals surface area (Å²) in [6.45, 7) is 6.96. The van der Waals surface area contributed by atoms with Crippen LogP contribution in [0.4, 0.5) is 0 Å². The predicted octanol–water partition coefficient (Wildman–Crippen LogP) is 3.62. The van der Waals surface area contributed by atoms with Gasteiger partial charge in [-0.05, 0) is 37.3 Å². The number of nitrogens with one attached hydrogen (secondary N) is 1. The van der Waals surface area contributed by atoms with Gasteiger partial charge in [-0.15, -0.1) is 0 Å². The van der Waals surface area contributed by atoms with Gasteiger partial charge in [-0.25, -0.2) is 0 Å². The SMILES string of the molecule is C=C(C)CNC1CCCCc2ccccc21. The number of rotatable bonds is 3. The molecule has 1 N–H and O–H groups in total. The molecular weight excluding hydrogens is 194 g/mol. The molecule has 1 nitrogen and oxygen atoms in total. The van der Waals surface area contributed by atoms with E-state index in [4.69, 9.17) is 0 Å². The van der Waals surface area contributed by atoms with Crippen molar-refractivity contribution in [1.82, 2.24) is 5.32 Å². The molecule has 2 rings (SSSR count). The Morgan fingerprint density at radius 2 is 2.19 bits per heavy atom. The lowest BCUT2D eigenvalue weighted by Gasteiger charge is -2.19. The fraction of sp³-hybridized carbons (Fsp3) is 0.467. The Kier molecular flexibility index (Phi) is 3.79. The third kappa shape index (κ3) is 2.73. The highest BCUT2D eigenvalue weighted by molar-refractivity contribution is 5.31. The third-order valence-electron chi connectivity index (χ3n) is 3.27. The van der Waals surface area contributed by atoms with Gasteiger partial charge in [-0.2, -0.15) is 0 Å².